The van der Waals surface area contributed by atoms with Gasteiger partial charge >= 0.3 is 0 Å². The summed E-state index contributed by atoms with van der Waals surface area (Å²) in [7, 11) is 1.63. The van der Waals surface area contributed by atoms with E-state index in [-0.39, 0.29) is 13.2 Å². The molecule has 0 aliphatic carbocycles. The molecule has 0 bridgehead atoms. The minimum atomic E-state index is -0.620. The molecule has 2 rings (SSSR count). The predicted octanol–water partition coefficient (Wildman–Crippen LogP) is 2.07. The molecule has 0 spiro atoms. The number of nitrogens with zero attached hydrogens (tertiary/aromatic N) is 1. The highest BCUT2D eigenvalue weighted by atomic mass is 16.5. The van der Waals surface area contributed by atoms with Gasteiger partial charge in [0.15, 0.2) is 0 Å². The topological polar surface area (TPSA) is 62.2 Å². The first-order valence-electron chi connectivity index (χ1n) is 8.47. The van der Waals surface area contributed by atoms with Gasteiger partial charge < -0.3 is 19.7 Å². The summed E-state index contributed by atoms with van der Waals surface area (Å²) in [4.78, 5) is 2.02. The third kappa shape index (κ3) is 6.84. The number of hydrogen-bond donors (Lipinski definition) is 2. The maximum atomic E-state index is 10.2. The van der Waals surface area contributed by atoms with Gasteiger partial charge in [-0.05, 0) is 11.6 Å². The van der Waals surface area contributed by atoms with Crippen LogP contribution in [0.4, 0.5) is 0 Å². The lowest BCUT2D eigenvalue weighted by Gasteiger charge is -2.24. The molecule has 1 atom stereocenters. The van der Waals surface area contributed by atoms with Crippen molar-refractivity contribution in [3.63, 3.8) is 0 Å². The Kier molecular flexibility index (Phi) is 8.42. The SMILES string of the molecule is COc1ccccc1COCC(O)CN(CCO)Cc1ccccc1. The number of para-hydroxylation sites is 1. The van der Waals surface area contributed by atoms with Crippen LogP contribution in [0.3, 0.4) is 0 Å². The van der Waals surface area contributed by atoms with Gasteiger partial charge in [0.1, 0.15) is 5.75 Å². The molecule has 0 aromatic heterocycles. The number of aliphatic hydroxyl groups excluding tert-OH is 2. The molecule has 1 unspecified atom stereocenters. The highest BCUT2D eigenvalue weighted by molar-refractivity contribution is 5.32. The van der Waals surface area contributed by atoms with Crippen molar-refractivity contribution < 1.29 is 19.7 Å². The summed E-state index contributed by atoms with van der Waals surface area (Å²) in [5.41, 5.74) is 2.10. The fourth-order valence-corrected chi connectivity index (χ4v) is 2.70. The molecule has 0 amide bonds. The number of rotatable bonds is 11. The highest BCUT2D eigenvalue weighted by Gasteiger charge is 2.13. The summed E-state index contributed by atoms with van der Waals surface area (Å²) < 4.78 is 10.9. The Balaban J connectivity index is 1.79. The molecule has 5 heteroatoms. The molecule has 25 heavy (non-hydrogen) atoms. The van der Waals surface area contributed by atoms with Crippen LogP contribution in [0, 0.1) is 0 Å². The van der Waals surface area contributed by atoms with Crippen molar-refractivity contribution >= 4 is 0 Å². The first kappa shape index (κ1) is 19.4. The molecular weight excluding hydrogens is 318 g/mol. The number of aliphatic hydroxyl groups is 2. The van der Waals surface area contributed by atoms with Crippen LogP contribution < -0.4 is 4.74 Å². The average molecular weight is 345 g/mol. The van der Waals surface area contributed by atoms with Gasteiger partial charge in [-0.1, -0.05) is 48.5 Å². The Hall–Kier alpha value is -1.92. The molecule has 0 aliphatic heterocycles. The van der Waals surface area contributed by atoms with E-state index in [0.717, 1.165) is 16.9 Å². The van der Waals surface area contributed by atoms with Crippen LogP contribution in [0.5, 0.6) is 5.75 Å². The summed E-state index contributed by atoms with van der Waals surface area (Å²) >= 11 is 0. The van der Waals surface area contributed by atoms with Crippen molar-refractivity contribution in [3.05, 3.63) is 65.7 Å². The third-order valence-corrected chi connectivity index (χ3v) is 3.89. The average Bonchev–Trinajstić information content (AvgIpc) is 2.63. The molecule has 136 valence electrons. The largest absolute Gasteiger partial charge is 0.496 e. The van der Waals surface area contributed by atoms with Gasteiger partial charge in [-0.25, -0.2) is 0 Å². The standard InChI is InChI=1S/C20H27NO4/c1-24-20-10-6-5-9-18(20)15-25-16-19(23)14-21(11-12-22)13-17-7-3-2-4-8-17/h2-10,19,22-23H,11-16H2,1H3. The van der Waals surface area contributed by atoms with E-state index in [0.29, 0.717) is 26.2 Å². The van der Waals surface area contributed by atoms with Crippen molar-refractivity contribution in [2.24, 2.45) is 0 Å². The van der Waals surface area contributed by atoms with E-state index in [9.17, 15) is 10.2 Å². The minimum absolute atomic E-state index is 0.0572. The Labute approximate surface area is 149 Å². The molecule has 0 aliphatic rings. The zero-order valence-electron chi connectivity index (χ0n) is 14.7. The molecule has 5 nitrogen and oxygen atoms in total. The minimum Gasteiger partial charge on any atom is -0.496 e. The lowest BCUT2D eigenvalue weighted by Crippen LogP contribution is -2.36. The second-order valence-corrected chi connectivity index (χ2v) is 5.93. The molecule has 0 saturated carbocycles. The van der Waals surface area contributed by atoms with Gasteiger partial charge in [-0.2, -0.15) is 0 Å². The molecule has 0 saturated heterocycles. The van der Waals surface area contributed by atoms with E-state index < -0.39 is 6.10 Å². The van der Waals surface area contributed by atoms with Gasteiger partial charge in [-0.3, -0.25) is 4.90 Å². The Morgan fingerprint density at radius 3 is 2.48 bits per heavy atom. The quantitative estimate of drug-likeness (QED) is 0.653. The Bertz CT molecular complexity index is 606. The first-order valence-corrected chi connectivity index (χ1v) is 8.47. The normalized spacial score (nSPS) is 12.3. The van der Waals surface area contributed by atoms with E-state index in [1.807, 2.05) is 59.5 Å². The van der Waals surface area contributed by atoms with Crippen molar-refractivity contribution in [3.8, 4) is 5.75 Å². The number of ether oxygens (including phenoxy) is 2. The summed E-state index contributed by atoms with van der Waals surface area (Å²) in [5.74, 6) is 0.781. The van der Waals surface area contributed by atoms with Crippen LogP contribution in [-0.2, 0) is 17.9 Å². The van der Waals surface area contributed by atoms with Crippen LogP contribution in [0.15, 0.2) is 54.6 Å². The summed E-state index contributed by atoms with van der Waals surface area (Å²) in [6.07, 6.45) is -0.620. The van der Waals surface area contributed by atoms with Crippen LogP contribution in [-0.4, -0.2) is 54.6 Å². The van der Waals surface area contributed by atoms with Crippen molar-refractivity contribution in [1.82, 2.24) is 4.90 Å². The Morgan fingerprint density at radius 2 is 1.76 bits per heavy atom. The van der Waals surface area contributed by atoms with Crippen molar-refractivity contribution in [2.75, 3.05) is 33.4 Å². The van der Waals surface area contributed by atoms with Crippen molar-refractivity contribution in [1.29, 1.82) is 0 Å². The van der Waals surface area contributed by atoms with Gasteiger partial charge in [0.05, 0.1) is 33.0 Å². The van der Waals surface area contributed by atoms with Gasteiger partial charge in [-0.15, -0.1) is 0 Å². The summed E-state index contributed by atoms with van der Waals surface area (Å²) in [5, 5.41) is 19.5. The van der Waals surface area contributed by atoms with E-state index in [2.05, 4.69) is 0 Å². The zero-order chi connectivity index (χ0) is 17.9. The smallest absolute Gasteiger partial charge is 0.124 e. The fourth-order valence-electron chi connectivity index (χ4n) is 2.70. The molecule has 0 heterocycles. The molecular formula is C20H27NO4. The van der Waals surface area contributed by atoms with Crippen LogP contribution in [0.2, 0.25) is 0 Å². The van der Waals surface area contributed by atoms with E-state index in [1.165, 1.54) is 0 Å². The number of benzene rings is 2. The van der Waals surface area contributed by atoms with E-state index in [1.54, 1.807) is 7.11 Å². The zero-order valence-corrected chi connectivity index (χ0v) is 14.7. The molecule has 0 fully saturated rings. The lowest BCUT2D eigenvalue weighted by atomic mass is 10.2. The maximum Gasteiger partial charge on any atom is 0.124 e. The highest BCUT2D eigenvalue weighted by Crippen LogP contribution is 2.18. The first-order chi connectivity index (χ1) is 12.2. The van der Waals surface area contributed by atoms with Gasteiger partial charge in [0.25, 0.3) is 0 Å². The number of hydrogen-bond acceptors (Lipinski definition) is 5. The van der Waals surface area contributed by atoms with E-state index in [4.69, 9.17) is 9.47 Å². The molecule has 2 aromatic rings. The molecule has 2 N–H and O–H groups in total. The van der Waals surface area contributed by atoms with Crippen LogP contribution >= 0.6 is 0 Å². The van der Waals surface area contributed by atoms with Crippen molar-refractivity contribution in [2.45, 2.75) is 19.3 Å². The number of methoxy groups -OCH3 is 1. The Morgan fingerprint density at radius 1 is 1.04 bits per heavy atom. The predicted molar refractivity (Wildman–Crippen MR) is 97.5 cm³/mol. The molecule has 2 aromatic carbocycles. The summed E-state index contributed by atoms with van der Waals surface area (Å²) in [6, 6.07) is 17.7. The van der Waals surface area contributed by atoms with E-state index >= 15 is 0 Å². The van der Waals surface area contributed by atoms with Gasteiger partial charge in [0, 0.05) is 25.2 Å². The fraction of sp³-hybridized carbons (Fsp3) is 0.400. The van der Waals surface area contributed by atoms with Crippen LogP contribution in [0.1, 0.15) is 11.1 Å². The third-order valence-electron chi connectivity index (χ3n) is 3.89. The van der Waals surface area contributed by atoms with Gasteiger partial charge in [0.2, 0.25) is 0 Å². The van der Waals surface area contributed by atoms with Crippen LogP contribution in [0.25, 0.3) is 0 Å². The second-order valence-electron chi connectivity index (χ2n) is 5.93. The monoisotopic (exact) mass is 345 g/mol. The summed E-state index contributed by atoms with van der Waals surface area (Å²) in [6.45, 7) is 2.32. The second kappa shape index (κ2) is 10.8. The lowest BCUT2D eigenvalue weighted by molar-refractivity contribution is 0.00573. The maximum absolute atomic E-state index is 10.2. The molecule has 0 radical (unpaired) electrons.